The average molecular weight is 393 g/mol. The van der Waals surface area contributed by atoms with Crippen molar-refractivity contribution in [3.63, 3.8) is 0 Å². The summed E-state index contributed by atoms with van der Waals surface area (Å²) < 4.78 is 7.40. The second-order valence-electron chi connectivity index (χ2n) is 8.18. The number of benzene rings is 2. The first-order chi connectivity index (χ1) is 13.8. The minimum atomic E-state index is -0.0715. The van der Waals surface area contributed by atoms with Crippen molar-refractivity contribution >= 4 is 5.91 Å². The third kappa shape index (κ3) is 5.02. The van der Waals surface area contributed by atoms with Gasteiger partial charge < -0.3 is 9.64 Å². The SMILES string of the molecule is CC(c1ccc(-n2cncn2)cc1)N(C)C(=O)COc1ccc(C(C)(C)C)cc1. The Morgan fingerprint density at radius 3 is 2.31 bits per heavy atom. The molecule has 0 saturated carbocycles. The van der Waals surface area contributed by atoms with Gasteiger partial charge in [0.2, 0.25) is 0 Å². The van der Waals surface area contributed by atoms with Crippen molar-refractivity contribution in [2.45, 2.75) is 39.2 Å². The summed E-state index contributed by atoms with van der Waals surface area (Å²) >= 11 is 0. The van der Waals surface area contributed by atoms with E-state index in [4.69, 9.17) is 4.74 Å². The Labute approximate surface area is 172 Å². The van der Waals surface area contributed by atoms with Crippen LogP contribution >= 0.6 is 0 Å². The van der Waals surface area contributed by atoms with Crippen LogP contribution in [0.15, 0.2) is 61.2 Å². The zero-order chi connectivity index (χ0) is 21.0. The van der Waals surface area contributed by atoms with Crippen LogP contribution in [-0.2, 0) is 10.2 Å². The number of carbonyl (C=O) groups excluding carboxylic acids is 1. The first-order valence-electron chi connectivity index (χ1n) is 9.69. The summed E-state index contributed by atoms with van der Waals surface area (Å²) in [6.45, 7) is 8.51. The van der Waals surface area contributed by atoms with Gasteiger partial charge in [-0.25, -0.2) is 9.67 Å². The molecule has 0 N–H and O–H groups in total. The number of hydrogen-bond donors (Lipinski definition) is 0. The highest BCUT2D eigenvalue weighted by Gasteiger charge is 2.18. The quantitative estimate of drug-likeness (QED) is 0.632. The number of hydrogen-bond acceptors (Lipinski definition) is 4. The average Bonchev–Trinajstić information content (AvgIpc) is 3.25. The zero-order valence-electron chi connectivity index (χ0n) is 17.7. The Balaban J connectivity index is 1.58. The number of aromatic nitrogens is 3. The van der Waals surface area contributed by atoms with Crippen LogP contribution < -0.4 is 4.74 Å². The summed E-state index contributed by atoms with van der Waals surface area (Å²) in [6, 6.07) is 15.8. The Bertz CT molecular complexity index is 927. The fourth-order valence-corrected chi connectivity index (χ4v) is 2.98. The van der Waals surface area contributed by atoms with Crippen molar-refractivity contribution in [1.29, 1.82) is 0 Å². The summed E-state index contributed by atoms with van der Waals surface area (Å²) in [7, 11) is 1.80. The van der Waals surface area contributed by atoms with Gasteiger partial charge in [-0.05, 0) is 47.7 Å². The minimum Gasteiger partial charge on any atom is -0.484 e. The van der Waals surface area contributed by atoms with E-state index in [9.17, 15) is 4.79 Å². The highest BCUT2D eigenvalue weighted by Crippen LogP contribution is 2.25. The smallest absolute Gasteiger partial charge is 0.260 e. The van der Waals surface area contributed by atoms with E-state index in [1.54, 1.807) is 23.0 Å². The lowest BCUT2D eigenvalue weighted by Gasteiger charge is -2.25. The van der Waals surface area contributed by atoms with Gasteiger partial charge >= 0.3 is 0 Å². The van der Waals surface area contributed by atoms with Gasteiger partial charge in [-0.3, -0.25) is 4.79 Å². The first-order valence-corrected chi connectivity index (χ1v) is 9.69. The van der Waals surface area contributed by atoms with Gasteiger partial charge in [0.1, 0.15) is 18.4 Å². The topological polar surface area (TPSA) is 60.2 Å². The number of ether oxygens (including phenoxy) is 1. The first kappa shape index (κ1) is 20.6. The van der Waals surface area contributed by atoms with E-state index in [0.29, 0.717) is 5.75 Å². The summed E-state index contributed by atoms with van der Waals surface area (Å²) in [5.41, 5.74) is 3.29. The van der Waals surface area contributed by atoms with Gasteiger partial charge in [-0.2, -0.15) is 5.10 Å². The van der Waals surface area contributed by atoms with E-state index in [1.807, 2.05) is 55.5 Å². The van der Waals surface area contributed by atoms with Crippen LogP contribution in [0.5, 0.6) is 5.75 Å². The summed E-state index contributed by atoms with van der Waals surface area (Å²) in [4.78, 5) is 18.2. The second kappa shape index (κ2) is 8.47. The van der Waals surface area contributed by atoms with Gasteiger partial charge in [0.15, 0.2) is 6.61 Å². The number of carbonyl (C=O) groups is 1. The zero-order valence-corrected chi connectivity index (χ0v) is 17.7. The van der Waals surface area contributed by atoms with Crippen LogP contribution in [-0.4, -0.2) is 39.2 Å². The molecular weight excluding hydrogens is 364 g/mol. The minimum absolute atomic E-state index is 0.00669. The predicted molar refractivity (Wildman–Crippen MR) is 113 cm³/mol. The number of likely N-dealkylation sites (N-methyl/N-ethyl adjacent to an activating group) is 1. The van der Waals surface area contributed by atoms with Gasteiger partial charge in [-0.1, -0.05) is 45.0 Å². The van der Waals surface area contributed by atoms with Crippen LogP contribution in [0.25, 0.3) is 5.69 Å². The van der Waals surface area contributed by atoms with Crippen molar-refractivity contribution < 1.29 is 9.53 Å². The highest BCUT2D eigenvalue weighted by atomic mass is 16.5. The molecule has 0 fully saturated rings. The van der Waals surface area contributed by atoms with Gasteiger partial charge in [0.25, 0.3) is 5.91 Å². The molecule has 1 amide bonds. The van der Waals surface area contributed by atoms with Crippen LogP contribution in [0.2, 0.25) is 0 Å². The molecule has 1 atom stereocenters. The highest BCUT2D eigenvalue weighted by molar-refractivity contribution is 5.78. The van der Waals surface area contributed by atoms with Crippen molar-refractivity contribution in [2.75, 3.05) is 13.7 Å². The maximum absolute atomic E-state index is 12.6. The fourth-order valence-electron chi connectivity index (χ4n) is 2.98. The van der Waals surface area contributed by atoms with Crippen molar-refractivity contribution in [3.05, 3.63) is 72.3 Å². The third-order valence-electron chi connectivity index (χ3n) is 5.12. The molecule has 0 aliphatic rings. The largest absolute Gasteiger partial charge is 0.484 e. The molecule has 6 heteroatoms. The molecule has 3 aromatic rings. The van der Waals surface area contributed by atoms with E-state index in [2.05, 4.69) is 30.9 Å². The fraction of sp³-hybridized carbons (Fsp3) is 0.348. The van der Waals surface area contributed by atoms with E-state index in [-0.39, 0.29) is 24.0 Å². The van der Waals surface area contributed by atoms with Crippen LogP contribution in [0.1, 0.15) is 44.9 Å². The Morgan fingerprint density at radius 1 is 1.10 bits per heavy atom. The van der Waals surface area contributed by atoms with Crippen molar-refractivity contribution in [2.24, 2.45) is 0 Å². The number of amides is 1. The van der Waals surface area contributed by atoms with Crippen LogP contribution in [0, 0.1) is 0 Å². The summed E-state index contributed by atoms with van der Waals surface area (Å²) in [6.07, 6.45) is 3.15. The maximum atomic E-state index is 12.6. The van der Waals surface area contributed by atoms with Gasteiger partial charge in [-0.15, -0.1) is 0 Å². The summed E-state index contributed by atoms with van der Waals surface area (Å²) in [5.74, 6) is 0.627. The standard InChI is InChI=1S/C23H28N4O2/c1-17(18-6-10-20(11-7-18)27-16-24-15-25-27)26(5)22(28)14-29-21-12-8-19(9-13-21)23(2,3)4/h6-13,15-17H,14H2,1-5H3. The lowest BCUT2D eigenvalue weighted by atomic mass is 9.87. The predicted octanol–water partition coefficient (Wildman–Crippen LogP) is 4.16. The molecule has 1 unspecified atom stereocenters. The molecule has 0 bridgehead atoms. The lowest BCUT2D eigenvalue weighted by molar-refractivity contribution is -0.134. The second-order valence-corrected chi connectivity index (χ2v) is 8.18. The van der Waals surface area contributed by atoms with Gasteiger partial charge in [0, 0.05) is 7.05 Å². The Morgan fingerprint density at radius 2 is 1.76 bits per heavy atom. The molecule has 1 aromatic heterocycles. The molecule has 0 aliphatic carbocycles. The number of nitrogens with zero attached hydrogens (tertiary/aromatic N) is 4. The maximum Gasteiger partial charge on any atom is 0.260 e. The molecule has 0 spiro atoms. The number of rotatable bonds is 6. The van der Waals surface area contributed by atoms with Crippen molar-refractivity contribution in [1.82, 2.24) is 19.7 Å². The van der Waals surface area contributed by atoms with Crippen molar-refractivity contribution in [3.8, 4) is 11.4 Å². The normalized spacial score (nSPS) is 12.4. The molecule has 29 heavy (non-hydrogen) atoms. The van der Waals surface area contributed by atoms with E-state index >= 15 is 0 Å². The monoisotopic (exact) mass is 392 g/mol. The van der Waals surface area contributed by atoms with Crippen LogP contribution in [0.4, 0.5) is 0 Å². The summed E-state index contributed by atoms with van der Waals surface area (Å²) in [5, 5.41) is 4.12. The molecule has 0 saturated heterocycles. The molecule has 0 aliphatic heterocycles. The molecule has 1 heterocycles. The Hall–Kier alpha value is -3.15. The molecular formula is C23H28N4O2. The molecule has 6 nitrogen and oxygen atoms in total. The molecule has 3 rings (SSSR count). The molecule has 152 valence electrons. The van der Waals surface area contributed by atoms with Crippen LogP contribution in [0.3, 0.4) is 0 Å². The molecule has 2 aromatic carbocycles. The third-order valence-corrected chi connectivity index (χ3v) is 5.12. The lowest BCUT2D eigenvalue weighted by Crippen LogP contribution is -2.33. The Kier molecular flexibility index (Phi) is 6.01. The molecule has 0 radical (unpaired) electrons. The van der Waals surface area contributed by atoms with E-state index < -0.39 is 0 Å². The van der Waals surface area contributed by atoms with Gasteiger partial charge in [0.05, 0.1) is 11.7 Å². The van der Waals surface area contributed by atoms with E-state index in [0.717, 1.165) is 11.3 Å². The van der Waals surface area contributed by atoms with E-state index in [1.165, 1.54) is 11.9 Å².